The molecule has 21 heavy (non-hydrogen) atoms. The van der Waals surface area contributed by atoms with Crippen molar-refractivity contribution in [1.82, 2.24) is 9.78 Å². The lowest BCUT2D eigenvalue weighted by atomic mass is 9.99. The van der Waals surface area contributed by atoms with E-state index in [1.807, 2.05) is 38.1 Å². The van der Waals surface area contributed by atoms with E-state index in [4.69, 9.17) is 16.0 Å². The molecule has 4 nitrogen and oxygen atoms in total. The van der Waals surface area contributed by atoms with Gasteiger partial charge in [0.05, 0.1) is 11.8 Å². The molecule has 3 aromatic rings. The first kappa shape index (κ1) is 14.2. The molecular formula is C16H17ClN2O2. The minimum Gasteiger partial charge on any atom is -0.461 e. The molecule has 5 heteroatoms. The van der Waals surface area contributed by atoms with Gasteiger partial charge in [0.15, 0.2) is 0 Å². The Kier molecular flexibility index (Phi) is 3.51. The Balaban J connectivity index is 2.01. The summed E-state index contributed by atoms with van der Waals surface area (Å²) < 4.78 is 7.33. The summed E-state index contributed by atoms with van der Waals surface area (Å²) in [6, 6.07) is 7.72. The maximum Gasteiger partial charge on any atom is 0.134 e. The lowest BCUT2D eigenvalue weighted by Gasteiger charge is -2.10. The number of aryl methyl sites for hydroxylation is 3. The molecule has 1 aromatic carbocycles. The van der Waals surface area contributed by atoms with Crippen molar-refractivity contribution in [1.29, 1.82) is 0 Å². The predicted octanol–water partition coefficient (Wildman–Crippen LogP) is 3.71. The maximum absolute atomic E-state index is 10.6. The van der Waals surface area contributed by atoms with Crippen molar-refractivity contribution >= 4 is 22.6 Å². The van der Waals surface area contributed by atoms with Crippen LogP contribution in [0.25, 0.3) is 11.0 Å². The summed E-state index contributed by atoms with van der Waals surface area (Å²) in [5.74, 6) is 0.737. The van der Waals surface area contributed by atoms with Crippen LogP contribution in [0, 0.1) is 13.8 Å². The van der Waals surface area contributed by atoms with Crippen LogP contribution in [0.5, 0.6) is 0 Å². The summed E-state index contributed by atoms with van der Waals surface area (Å²) >= 11 is 6.24. The van der Waals surface area contributed by atoms with Gasteiger partial charge in [0.2, 0.25) is 0 Å². The average molecular weight is 305 g/mol. The van der Waals surface area contributed by atoms with Gasteiger partial charge >= 0.3 is 0 Å². The van der Waals surface area contributed by atoms with Gasteiger partial charge in [0.1, 0.15) is 16.5 Å². The number of para-hydroxylation sites is 1. The van der Waals surface area contributed by atoms with Crippen molar-refractivity contribution in [3.05, 3.63) is 52.0 Å². The van der Waals surface area contributed by atoms with E-state index in [0.29, 0.717) is 11.6 Å². The van der Waals surface area contributed by atoms with Crippen LogP contribution in [0.15, 0.2) is 28.7 Å². The van der Waals surface area contributed by atoms with Crippen molar-refractivity contribution in [3.8, 4) is 0 Å². The third kappa shape index (κ3) is 2.34. The number of hydrogen-bond donors (Lipinski definition) is 1. The monoisotopic (exact) mass is 304 g/mol. The van der Waals surface area contributed by atoms with E-state index in [9.17, 15) is 5.11 Å². The first-order valence-corrected chi connectivity index (χ1v) is 7.21. The molecule has 0 fully saturated rings. The van der Waals surface area contributed by atoms with Gasteiger partial charge in [-0.2, -0.15) is 5.10 Å². The number of fused-ring (bicyclic) bond motifs is 1. The molecule has 2 aromatic heterocycles. The number of furan rings is 1. The highest BCUT2D eigenvalue weighted by atomic mass is 35.5. The van der Waals surface area contributed by atoms with Crippen LogP contribution in [-0.2, 0) is 13.5 Å². The van der Waals surface area contributed by atoms with E-state index in [-0.39, 0.29) is 0 Å². The maximum atomic E-state index is 10.6. The van der Waals surface area contributed by atoms with Crippen molar-refractivity contribution in [2.24, 2.45) is 7.05 Å². The molecule has 0 saturated heterocycles. The molecule has 110 valence electrons. The lowest BCUT2D eigenvalue weighted by Crippen LogP contribution is -2.03. The summed E-state index contributed by atoms with van der Waals surface area (Å²) in [5, 5.41) is 16.4. The molecule has 1 atom stereocenters. The molecular weight excluding hydrogens is 288 g/mol. The van der Waals surface area contributed by atoms with Gasteiger partial charge in [0, 0.05) is 30.0 Å². The molecule has 0 aliphatic heterocycles. The highest BCUT2D eigenvalue weighted by Gasteiger charge is 2.22. The SMILES string of the molecule is Cc1nn(C)c(Cl)c1CC(O)c1c(C)oc2ccccc12. The predicted molar refractivity (Wildman–Crippen MR) is 82.6 cm³/mol. The van der Waals surface area contributed by atoms with Gasteiger partial charge in [-0.3, -0.25) is 4.68 Å². The second kappa shape index (κ2) is 5.20. The molecule has 3 rings (SSSR count). The number of nitrogens with zero attached hydrogens (tertiary/aromatic N) is 2. The highest BCUT2D eigenvalue weighted by Crippen LogP contribution is 2.33. The summed E-state index contributed by atoms with van der Waals surface area (Å²) in [5.41, 5.74) is 3.33. The molecule has 0 aliphatic carbocycles. The van der Waals surface area contributed by atoms with E-state index >= 15 is 0 Å². The molecule has 1 unspecified atom stereocenters. The first-order valence-electron chi connectivity index (χ1n) is 6.83. The van der Waals surface area contributed by atoms with Crippen LogP contribution in [-0.4, -0.2) is 14.9 Å². The van der Waals surface area contributed by atoms with Crippen LogP contribution in [0.2, 0.25) is 5.15 Å². The van der Waals surface area contributed by atoms with E-state index in [0.717, 1.165) is 33.6 Å². The van der Waals surface area contributed by atoms with Gasteiger partial charge in [-0.05, 0) is 19.9 Å². The lowest BCUT2D eigenvalue weighted by molar-refractivity contribution is 0.177. The first-order chi connectivity index (χ1) is 9.99. The number of halogens is 1. The molecule has 0 radical (unpaired) electrons. The van der Waals surface area contributed by atoms with Crippen molar-refractivity contribution in [2.45, 2.75) is 26.4 Å². The Hall–Kier alpha value is -1.78. The highest BCUT2D eigenvalue weighted by molar-refractivity contribution is 6.30. The minimum absolute atomic E-state index is 0.420. The summed E-state index contributed by atoms with van der Waals surface area (Å²) in [7, 11) is 1.80. The van der Waals surface area contributed by atoms with Crippen LogP contribution in [0.4, 0.5) is 0 Å². The Morgan fingerprint density at radius 3 is 2.71 bits per heavy atom. The van der Waals surface area contributed by atoms with Crippen LogP contribution >= 0.6 is 11.6 Å². The quantitative estimate of drug-likeness (QED) is 0.802. The Morgan fingerprint density at radius 2 is 2.05 bits per heavy atom. The van der Waals surface area contributed by atoms with Gasteiger partial charge in [-0.1, -0.05) is 29.8 Å². The molecule has 0 spiro atoms. The minimum atomic E-state index is -0.672. The Morgan fingerprint density at radius 1 is 1.33 bits per heavy atom. The van der Waals surface area contributed by atoms with Crippen molar-refractivity contribution in [2.75, 3.05) is 0 Å². The zero-order valence-corrected chi connectivity index (χ0v) is 13.0. The number of aliphatic hydroxyl groups excluding tert-OH is 1. The average Bonchev–Trinajstić information content (AvgIpc) is 2.89. The van der Waals surface area contributed by atoms with Crippen LogP contribution < -0.4 is 0 Å². The summed E-state index contributed by atoms with van der Waals surface area (Å²) in [4.78, 5) is 0. The molecule has 1 N–H and O–H groups in total. The van der Waals surface area contributed by atoms with Crippen molar-refractivity contribution in [3.63, 3.8) is 0 Å². The Labute approximate surface area is 127 Å². The molecule has 0 bridgehead atoms. The number of hydrogen-bond acceptors (Lipinski definition) is 3. The number of rotatable bonds is 3. The van der Waals surface area contributed by atoms with Gasteiger partial charge < -0.3 is 9.52 Å². The van der Waals surface area contributed by atoms with E-state index < -0.39 is 6.10 Å². The third-order valence-corrected chi connectivity index (χ3v) is 4.29. The zero-order valence-electron chi connectivity index (χ0n) is 12.2. The standard InChI is InChI=1S/C16H17ClN2O2/c1-9-12(16(17)19(3)18-9)8-13(20)15-10(2)21-14-7-5-4-6-11(14)15/h4-7,13,20H,8H2,1-3H3. The molecule has 0 amide bonds. The fraction of sp³-hybridized carbons (Fsp3) is 0.312. The van der Waals surface area contributed by atoms with Gasteiger partial charge in [0.25, 0.3) is 0 Å². The number of aromatic nitrogens is 2. The smallest absolute Gasteiger partial charge is 0.134 e. The fourth-order valence-electron chi connectivity index (χ4n) is 2.80. The van der Waals surface area contributed by atoms with E-state index in [1.54, 1.807) is 11.7 Å². The van der Waals surface area contributed by atoms with E-state index in [2.05, 4.69) is 5.10 Å². The second-order valence-corrected chi connectivity index (χ2v) is 5.62. The summed E-state index contributed by atoms with van der Waals surface area (Å²) in [6.07, 6.45) is -0.253. The summed E-state index contributed by atoms with van der Waals surface area (Å²) in [6.45, 7) is 3.77. The second-order valence-electron chi connectivity index (χ2n) is 5.27. The van der Waals surface area contributed by atoms with Crippen LogP contribution in [0.3, 0.4) is 0 Å². The third-order valence-electron chi connectivity index (χ3n) is 3.82. The Bertz CT molecular complexity index is 804. The largest absolute Gasteiger partial charge is 0.461 e. The fourth-order valence-corrected chi connectivity index (χ4v) is 3.05. The van der Waals surface area contributed by atoms with Crippen molar-refractivity contribution < 1.29 is 9.52 Å². The molecule has 0 aliphatic rings. The molecule has 2 heterocycles. The topological polar surface area (TPSA) is 51.2 Å². The number of benzene rings is 1. The molecule has 0 saturated carbocycles. The number of aliphatic hydroxyl groups is 1. The normalized spacial score (nSPS) is 13.0. The zero-order chi connectivity index (χ0) is 15.1. The van der Waals surface area contributed by atoms with Gasteiger partial charge in [-0.15, -0.1) is 0 Å². The van der Waals surface area contributed by atoms with Gasteiger partial charge in [-0.25, -0.2) is 0 Å². The van der Waals surface area contributed by atoms with E-state index in [1.165, 1.54) is 0 Å². The van der Waals surface area contributed by atoms with Crippen LogP contribution in [0.1, 0.15) is 28.7 Å².